The summed E-state index contributed by atoms with van der Waals surface area (Å²) in [6, 6.07) is 0. The number of carbonyl (C=O) groups is 2. The molecule has 0 aromatic heterocycles. The van der Waals surface area contributed by atoms with Crippen molar-refractivity contribution in [1.29, 1.82) is 0 Å². The average molecular weight is 375 g/mol. The molecule has 0 bridgehead atoms. The number of hydrogen-bond acceptors (Lipinski definition) is 3. The third kappa shape index (κ3) is 17.6. The van der Waals surface area contributed by atoms with Crippen molar-refractivity contribution in [2.75, 3.05) is 19.6 Å². The second-order valence-electron chi connectivity index (χ2n) is 7.31. The molecule has 0 saturated carbocycles. The number of rotatable bonds is 2. The highest BCUT2D eigenvalue weighted by Crippen LogP contribution is 2.20. The highest BCUT2D eigenvalue weighted by atomic mass is 16.6. The van der Waals surface area contributed by atoms with Crippen LogP contribution >= 0.6 is 0 Å². The number of carbonyl (C=O) groups excluding carboxylic acids is 2. The summed E-state index contributed by atoms with van der Waals surface area (Å²) in [5.74, 6) is 1.01. The van der Waals surface area contributed by atoms with Crippen molar-refractivity contribution >= 4 is 12.0 Å². The topological polar surface area (TPSA) is 58.6 Å². The standard InChI is InChI=1S/C14H26N2O3.C3H8.2C2H6/c1-10-6-11(2)9-16(8-10)12(17)7-15-13(18)19-14(3,4)5;1-3-2;2*1-2/h10-11H,6-9H2,1-5H3,(H,15,18);3H2,1-2H3;2*1-2H3. The van der Waals surface area contributed by atoms with Gasteiger partial charge in [0.05, 0.1) is 0 Å². The molecule has 1 heterocycles. The van der Waals surface area contributed by atoms with Crippen LogP contribution in [0.25, 0.3) is 0 Å². The predicted octanol–water partition coefficient (Wildman–Crippen LogP) is 5.48. The Morgan fingerprint density at radius 2 is 1.38 bits per heavy atom. The van der Waals surface area contributed by atoms with Crippen molar-refractivity contribution in [3.63, 3.8) is 0 Å². The Morgan fingerprint density at radius 1 is 1.00 bits per heavy atom. The van der Waals surface area contributed by atoms with Gasteiger partial charge < -0.3 is 15.0 Å². The summed E-state index contributed by atoms with van der Waals surface area (Å²) in [5, 5.41) is 2.51. The number of alkyl carbamates (subject to hydrolysis) is 1. The summed E-state index contributed by atoms with van der Waals surface area (Å²) in [4.78, 5) is 25.3. The van der Waals surface area contributed by atoms with Gasteiger partial charge in [-0.15, -0.1) is 0 Å². The van der Waals surface area contributed by atoms with Crippen molar-refractivity contribution in [3.8, 4) is 0 Å². The van der Waals surface area contributed by atoms with Crippen molar-refractivity contribution in [3.05, 3.63) is 0 Å². The van der Waals surface area contributed by atoms with Crippen molar-refractivity contribution in [1.82, 2.24) is 10.2 Å². The first-order valence-corrected chi connectivity index (χ1v) is 10.3. The molecule has 2 atom stereocenters. The molecule has 1 aliphatic rings. The summed E-state index contributed by atoms with van der Waals surface area (Å²) >= 11 is 0. The first-order chi connectivity index (χ1) is 12.1. The number of amides is 2. The van der Waals surface area contributed by atoms with Gasteiger partial charge in [-0.25, -0.2) is 4.79 Å². The average Bonchev–Trinajstić information content (AvgIpc) is 2.54. The molecule has 0 aromatic rings. The quantitative estimate of drug-likeness (QED) is 0.696. The van der Waals surface area contributed by atoms with Crippen LogP contribution in [0.2, 0.25) is 0 Å². The van der Waals surface area contributed by atoms with Gasteiger partial charge in [-0.05, 0) is 39.0 Å². The smallest absolute Gasteiger partial charge is 0.408 e. The number of likely N-dealkylation sites (tertiary alicyclic amines) is 1. The molecule has 0 aliphatic carbocycles. The Balaban J connectivity index is -0.000000663. The molecule has 5 heteroatoms. The molecule has 0 radical (unpaired) electrons. The van der Waals surface area contributed by atoms with Crippen LogP contribution in [0.1, 0.15) is 89.0 Å². The molecule has 1 fully saturated rings. The Hall–Kier alpha value is -1.26. The zero-order chi connectivity index (χ0) is 21.3. The van der Waals surface area contributed by atoms with E-state index >= 15 is 0 Å². The van der Waals surface area contributed by atoms with E-state index in [-0.39, 0.29) is 12.5 Å². The van der Waals surface area contributed by atoms with Crippen LogP contribution in [0.4, 0.5) is 4.79 Å². The SMILES string of the molecule is CC.CC.CC1CC(C)CN(C(=O)CNC(=O)OC(C)(C)C)C1.CCC. The van der Waals surface area contributed by atoms with Gasteiger partial charge in [0.2, 0.25) is 5.91 Å². The van der Waals surface area contributed by atoms with Crippen molar-refractivity contribution in [2.45, 2.75) is 94.6 Å². The third-order valence-corrected chi connectivity index (χ3v) is 3.00. The first kappa shape index (κ1) is 29.5. The lowest BCUT2D eigenvalue weighted by Gasteiger charge is -2.35. The molecule has 5 nitrogen and oxygen atoms in total. The van der Waals surface area contributed by atoms with E-state index in [0.29, 0.717) is 11.8 Å². The van der Waals surface area contributed by atoms with Crippen LogP contribution in [-0.4, -0.2) is 42.1 Å². The molecule has 1 N–H and O–H groups in total. The lowest BCUT2D eigenvalue weighted by Crippen LogP contribution is -2.47. The van der Waals surface area contributed by atoms with E-state index in [0.717, 1.165) is 19.5 Å². The van der Waals surface area contributed by atoms with Crippen LogP contribution in [-0.2, 0) is 9.53 Å². The first-order valence-electron chi connectivity index (χ1n) is 10.3. The van der Waals surface area contributed by atoms with Crippen molar-refractivity contribution in [2.24, 2.45) is 11.8 Å². The fourth-order valence-corrected chi connectivity index (χ4v) is 2.44. The third-order valence-electron chi connectivity index (χ3n) is 3.00. The maximum atomic E-state index is 12.0. The van der Waals surface area contributed by atoms with E-state index in [4.69, 9.17) is 4.74 Å². The van der Waals surface area contributed by atoms with Gasteiger partial charge in [0.25, 0.3) is 0 Å². The zero-order valence-corrected chi connectivity index (χ0v) is 19.4. The fraction of sp³-hybridized carbons (Fsp3) is 0.905. The number of nitrogens with zero attached hydrogens (tertiary/aromatic N) is 1. The van der Waals surface area contributed by atoms with Gasteiger partial charge in [0, 0.05) is 13.1 Å². The van der Waals surface area contributed by atoms with Crippen LogP contribution in [0, 0.1) is 11.8 Å². The maximum Gasteiger partial charge on any atom is 0.408 e. The molecule has 1 rings (SSSR count). The lowest BCUT2D eigenvalue weighted by atomic mass is 9.92. The van der Waals surface area contributed by atoms with E-state index in [9.17, 15) is 9.59 Å². The Morgan fingerprint density at radius 3 is 1.73 bits per heavy atom. The van der Waals surface area contributed by atoms with Crippen LogP contribution < -0.4 is 5.32 Å². The van der Waals surface area contributed by atoms with Crippen LogP contribution in [0.3, 0.4) is 0 Å². The zero-order valence-electron chi connectivity index (χ0n) is 19.4. The van der Waals surface area contributed by atoms with E-state index in [2.05, 4.69) is 33.0 Å². The molecule has 2 unspecified atom stereocenters. The highest BCUT2D eigenvalue weighted by Gasteiger charge is 2.25. The Kier molecular flexibility index (Phi) is 19.5. The van der Waals surface area contributed by atoms with Gasteiger partial charge in [-0.3, -0.25) is 4.79 Å². The summed E-state index contributed by atoms with van der Waals surface area (Å²) in [6.45, 7) is 23.5. The molecule has 2 amide bonds. The molecular formula is C21H46N2O3. The summed E-state index contributed by atoms with van der Waals surface area (Å²) < 4.78 is 5.10. The van der Waals surface area contributed by atoms with Crippen LogP contribution in [0.15, 0.2) is 0 Å². The van der Waals surface area contributed by atoms with Gasteiger partial charge in [0.15, 0.2) is 0 Å². The lowest BCUT2D eigenvalue weighted by molar-refractivity contribution is -0.132. The fourth-order valence-electron chi connectivity index (χ4n) is 2.44. The number of hydrogen-bond donors (Lipinski definition) is 1. The van der Waals surface area contributed by atoms with Gasteiger partial charge >= 0.3 is 6.09 Å². The molecular weight excluding hydrogens is 328 g/mol. The Bertz CT molecular complexity index is 342. The summed E-state index contributed by atoms with van der Waals surface area (Å²) in [5.41, 5.74) is -0.540. The normalized spacial score (nSPS) is 18.7. The minimum atomic E-state index is -0.543. The minimum absolute atomic E-state index is 0.00829. The largest absolute Gasteiger partial charge is 0.444 e. The maximum absolute atomic E-state index is 12.0. The monoisotopic (exact) mass is 374 g/mol. The molecule has 1 saturated heterocycles. The van der Waals surface area contributed by atoms with E-state index in [1.54, 1.807) is 20.8 Å². The minimum Gasteiger partial charge on any atom is -0.444 e. The van der Waals surface area contributed by atoms with E-state index in [1.165, 1.54) is 6.42 Å². The second-order valence-corrected chi connectivity index (χ2v) is 7.31. The van der Waals surface area contributed by atoms with E-state index in [1.807, 2.05) is 32.6 Å². The van der Waals surface area contributed by atoms with Crippen molar-refractivity contribution < 1.29 is 14.3 Å². The highest BCUT2D eigenvalue weighted by molar-refractivity contribution is 5.82. The van der Waals surface area contributed by atoms with Crippen LogP contribution in [0.5, 0.6) is 0 Å². The second kappa shape index (κ2) is 17.2. The Labute approximate surface area is 163 Å². The molecule has 26 heavy (non-hydrogen) atoms. The van der Waals surface area contributed by atoms with Gasteiger partial charge in [0.1, 0.15) is 12.1 Å². The molecule has 0 spiro atoms. The van der Waals surface area contributed by atoms with Gasteiger partial charge in [-0.2, -0.15) is 0 Å². The molecule has 0 aromatic carbocycles. The number of ether oxygens (including phenoxy) is 1. The number of nitrogens with one attached hydrogen (secondary N) is 1. The molecule has 1 aliphatic heterocycles. The van der Waals surface area contributed by atoms with Gasteiger partial charge in [-0.1, -0.05) is 61.8 Å². The van der Waals surface area contributed by atoms with E-state index < -0.39 is 11.7 Å². The predicted molar refractivity (Wildman–Crippen MR) is 112 cm³/mol. The summed E-state index contributed by atoms with van der Waals surface area (Å²) in [6.07, 6.45) is 1.86. The molecule has 158 valence electrons. The number of piperidine rings is 1. The summed E-state index contributed by atoms with van der Waals surface area (Å²) in [7, 11) is 0.